The second-order valence-electron chi connectivity index (χ2n) is 8.40. The zero-order chi connectivity index (χ0) is 14.0. The highest BCUT2D eigenvalue weighted by Gasteiger charge is 2.62. The number of nitrogens with one attached hydrogen (secondary N) is 1. The fourth-order valence-electron chi connectivity index (χ4n) is 6.34. The highest BCUT2D eigenvalue weighted by molar-refractivity contribution is 8.14. The summed E-state index contributed by atoms with van der Waals surface area (Å²) >= 11 is 1.69. The summed E-state index contributed by atoms with van der Waals surface area (Å²) in [6.45, 7) is 5.69. The molecule has 1 N–H and O–H groups in total. The fourth-order valence-corrected chi connectivity index (χ4v) is 7.06. The van der Waals surface area contributed by atoms with Crippen molar-refractivity contribution in [2.24, 2.45) is 27.2 Å². The summed E-state index contributed by atoms with van der Waals surface area (Å²) in [6.07, 6.45) is 7.30. The first-order chi connectivity index (χ1) is 9.41. The van der Waals surface area contributed by atoms with Crippen LogP contribution in [0.5, 0.6) is 0 Å². The molecular weight excluding hydrogens is 268 g/mol. The molecule has 4 heteroatoms. The summed E-state index contributed by atoms with van der Waals surface area (Å²) in [6, 6.07) is 0. The normalized spacial score (nSPS) is 49.3. The lowest BCUT2D eigenvalue weighted by Crippen LogP contribution is -2.60. The van der Waals surface area contributed by atoms with Crippen LogP contribution in [-0.4, -0.2) is 23.4 Å². The van der Waals surface area contributed by atoms with E-state index >= 15 is 0 Å². The summed E-state index contributed by atoms with van der Waals surface area (Å²) in [4.78, 5) is 17.3. The van der Waals surface area contributed by atoms with Gasteiger partial charge in [-0.25, -0.2) is 0 Å². The average Bonchev–Trinajstić information content (AvgIpc) is 2.76. The number of rotatable bonds is 1. The van der Waals surface area contributed by atoms with Crippen LogP contribution in [0.15, 0.2) is 4.99 Å². The Bertz CT molecular complexity index is 483. The first kappa shape index (κ1) is 13.2. The SMILES string of the molecule is C[C@]12CC3CC(C(=O)NC4=NCCS4)(C1)C[C@@](C)(C3)C2. The number of carbonyl (C=O) groups excluding carboxylic acids is 1. The Balaban J connectivity index is 1.61. The third-order valence-electron chi connectivity index (χ3n) is 5.91. The smallest absolute Gasteiger partial charge is 0.232 e. The Labute approximate surface area is 125 Å². The number of aliphatic imine (C=N–C) groups is 1. The van der Waals surface area contributed by atoms with Crippen molar-refractivity contribution < 1.29 is 4.79 Å². The van der Waals surface area contributed by atoms with Crippen molar-refractivity contribution in [3.05, 3.63) is 0 Å². The van der Waals surface area contributed by atoms with Gasteiger partial charge in [0.1, 0.15) is 0 Å². The molecule has 0 radical (unpaired) electrons. The Morgan fingerprint density at radius 2 is 1.90 bits per heavy atom. The summed E-state index contributed by atoms with van der Waals surface area (Å²) in [5.74, 6) is 2.05. The van der Waals surface area contributed by atoms with E-state index in [0.717, 1.165) is 42.6 Å². The molecule has 0 aromatic rings. The van der Waals surface area contributed by atoms with Gasteiger partial charge in [-0.3, -0.25) is 9.79 Å². The summed E-state index contributed by atoms with van der Waals surface area (Å²) < 4.78 is 0. The van der Waals surface area contributed by atoms with Crippen molar-refractivity contribution >= 4 is 22.8 Å². The van der Waals surface area contributed by atoms with E-state index in [1.54, 1.807) is 11.8 Å². The molecule has 2 unspecified atom stereocenters. The number of hydrogen-bond donors (Lipinski definition) is 1. The van der Waals surface area contributed by atoms with Crippen LogP contribution in [0.4, 0.5) is 0 Å². The molecule has 1 amide bonds. The lowest BCUT2D eigenvalue weighted by Gasteiger charge is -2.64. The maximum Gasteiger partial charge on any atom is 0.232 e. The van der Waals surface area contributed by atoms with Gasteiger partial charge in [0.25, 0.3) is 0 Å². The first-order valence-corrected chi connectivity index (χ1v) is 8.88. The molecule has 4 saturated carbocycles. The van der Waals surface area contributed by atoms with Gasteiger partial charge in [0, 0.05) is 5.75 Å². The van der Waals surface area contributed by atoms with Gasteiger partial charge in [-0.15, -0.1) is 0 Å². The van der Waals surface area contributed by atoms with E-state index in [2.05, 4.69) is 24.2 Å². The second-order valence-corrected chi connectivity index (χ2v) is 9.48. The molecule has 0 saturated heterocycles. The van der Waals surface area contributed by atoms with Crippen LogP contribution >= 0.6 is 11.8 Å². The van der Waals surface area contributed by atoms with E-state index in [-0.39, 0.29) is 11.3 Å². The number of nitrogens with zero attached hydrogens (tertiary/aromatic N) is 1. The standard InChI is InChI=1S/C16H24N2OS/c1-14-5-11-6-15(2,8-14)10-16(7-11,9-14)12(19)18-13-17-3-4-20-13/h11H,3-10H2,1-2H3,(H,17,18,19)/t11?,14-,15+,16?. The molecule has 1 heterocycles. The molecule has 1 aliphatic heterocycles. The molecule has 4 aliphatic carbocycles. The van der Waals surface area contributed by atoms with E-state index in [1.165, 1.54) is 19.3 Å². The van der Waals surface area contributed by atoms with Gasteiger partial charge >= 0.3 is 0 Å². The number of thioether (sulfide) groups is 1. The van der Waals surface area contributed by atoms with Crippen molar-refractivity contribution in [3.63, 3.8) is 0 Å². The number of amidine groups is 1. The Kier molecular flexibility index (Phi) is 2.65. The van der Waals surface area contributed by atoms with Gasteiger partial charge in [0.15, 0.2) is 5.17 Å². The molecule has 4 bridgehead atoms. The molecule has 0 aromatic carbocycles. The van der Waals surface area contributed by atoms with Crippen LogP contribution in [0.2, 0.25) is 0 Å². The largest absolute Gasteiger partial charge is 0.305 e. The molecule has 3 nitrogen and oxygen atoms in total. The quantitative estimate of drug-likeness (QED) is 0.806. The lowest BCUT2D eigenvalue weighted by molar-refractivity contribution is -0.168. The van der Waals surface area contributed by atoms with Gasteiger partial charge in [-0.2, -0.15) is 0 Å². The molecule has 0 aromatic heterocycles. The molecule has 4 atom stereocenters. The number of hydrogen-bond acceptors (Lipinski definition) is 3. The minimum atomic E-state index is -0.103. The third kappa shape index (κ3) is 1.94. The van der Waals surface area contributed by atoms with E-state index in [0.29, 0.717) is 10.8 Å². The van der Waals surface area contributed by atoms with E-state index in [9.17, 15) is 4.79 Å². The van der Waals surface area contributed by atoms with Crippen LogP contribution in [0.1, 0.15) is 52.4 Å². The Morgan fingerprint density at radius 3 is 2.45 bits per heavy atom. The number of carbonyl (C=O) groups is 1. The molecule has 5 aliphatic rings. The Hall–Kier alpha value is -0.510. The van der Waals surface area contributed by atoms with E-state index in [4.69, 9.17) is 0 Å². The van der Waals surface area contributed by atoms with E-state index in [1.807, 2.05) is 0 Å². The first-order valence-electron chi connectivity index (χ1n) is 7.89. The van der Waals surface area contributed by atoms with Crippen molar-refractivity contribution in [2.45, 2.75) is 52.4 Å². The van der Waals surface area contributed by atoms with Gasteiger partial charge in [0.2, 0.25) is 5.91 Å². The van der Waals surface area contributed by atoms with Crippen molar-refractivity contribution in [3.8, 4) is 0 Å². The third-order valence-corrected chi connectivity index (χ3v) is 6.81. The Morgan fingerprint density at radius 1 is 1.20 bits per heavy atom. The zero-order valence-corrected chi connectivity index (χ0v) is 13.3. The zero-order valence-electron chi connectivity index (χ0n) is 12.5. The molecule has 0 spiro atoms. The van der Waals surface area contributed by atoms with Crippen molar-refractivity contribution in [1.82, 2.24) is 5.32 Å². The fraction of sp³-hybridized carbons (Fsp3) is 0.875. The maximum atomic E-state index is 12.9. The average molecular weight is 292 g/mol. The van der Waals surface area contributed by atoms with Gasteiger partial charge in [-0.1, -0.05) is 25.6 Å². The van der Waals surface area contributed by atoms with Crippen molar-refractivity contribution in [1.29, 1.82) is 0 Å². The highest BCUT2D eigenvalue weighted by atomic mass is 32.2. The summed E-state index contributed by atoms with van der Waals surface area (Å²) in [7, 11) is 0. The van der Waals surface area contributed by atoms with Gasteiger partial charge in [-0.05, 0) is 55.3 Å². The van der Waals surface area contributed by atoms with E-state index < -0.39 is 0 Å². The van der Waals surface area contributed by atoms with Crippen LogP contribution in [-0.2, 0) is 4.79 Å². The minimum Gasteiger partial charge on any atom is -0.305 e. The van der Waals surface area contributed by atoms with Gasteiger partial charge in [0.05, 0.1) is 12.0 Å². The topological polar surface area (TPSA) is 41.5 Å². The molecule has 4 fully saturated rings. The molecule has 20 heavy (non-hydrogen) atoms. The summed E-state index contributed by atoms with van der Waals surface area (Å²) in [5.41, 5.74) is 0.695. The molecular formula is C16H24N2OS. The van der Waals surface area contributed by atoms with Crippen LogP contribution in [0.25, 0.3) is 0 Å². The lowest BCUT2D eigenvalue weighted by atomic mass is 9.40. The van der Waals surface area contributed by atoms with Crippen LogP contribution < -0.4 is 5.32 Å². The number of amides is 1. The van der Waals surface area contributed by atoms with Gasteiger partial charge < -0.3 is 5.32 Å². The molecule has 5 rings (SSSR count). The monoisotopic (exact) mass is 292 g/mol. The second kappa shape index (κ2) is 4.02. The minimum absolute atomic E-state index is 0.103. The predicted octanol–water partition coefficient (Wildman–Crippen LogP) is 3.20. The van der Waals surface area contributed by atoms with Crippen molar-refractivity contribution in [2.75, 3.05) is 12.3 Å². The predicted molar refractivity (Wildman–Crippen MR) is 82.7 cm³/mol. The van der Waals surface area contributed by atoms with Crippen LogP contribution in [0.3, 0.4) is 0 Å². The summed E-state index contributed by atoms with van der Waals surface area (Å²) in [5, 5.41) is 4.01. The van der Waals surface area contributed by atoms with Crippen LogP contribution in [0, 0.1) is 22.2 Å². The highest BCUT2D eigenvalue weighted by Crippen LogP contribution is 2.69. The maximum absolute atomic E-state index is 12.9. The molecule has 110 valence electrons.